The van der Waals surface area contributed by atoms with Gasteiger partial charge in [-0.1, -0.05) is 0 Å². The number of carbonyl (C=O) groups excluding carboxylic acids is 1. The summed E-state index contributed by atoms with van der Waals surface area (Å²) in [5, 5.41) is 16.8. The summed E-state index contributed by atoms with van der Waals surface area (Å²) in [7, 11) is 1.00. The summed E-state index contributed by atoms with van der Waals surface area (Å²) >= 11 is 0. The van der Waals surface area contributed by atoms with E-state index in [0.717, 1.165) is 56.1 Å². The molecule has 0 fully saturated rings. The quantitative estimate of drug-likeness (QED) is 0.623. The summed E-state index contributed by atoms with van der Waals surface area (Å²) in [5.41, 5.74) is 1.87. The van der Waals surface area contributed by atoms with Gasteiger partial charge in [0.25, 0.3) is 0 Å². The van der Waals surface area contributed by atoms with Gasteiger partial charge in [0, 0.05) is 13.5 Å². The molecule has 0 aliphatic heterocycles. The molecule has 1 heterocycles. The molecule has 1 aromatic rings. The first kappa shape index (κ1) is 15.6. The van der Waals surface area contributed by atoms with E-state index in [1.54, 1.807) is 6.20 Å². The predicted octanol–water partition coefficient (Wildman–Crippen LogP) is 1.42. The molecule has 1 aromatic heterocycles. The highest BCUT2D eigenvalue weighted by atomic mass is 16.5. The lowest BCUT2D eigenvalue weighted by atomic mass is 9.94. The average Bonchev–Trinajstić information content (AvgIpc) is 2.46. The standard InChI is InChI=1S/C13H17NO3.CH4O/c15-6-1-2-7-17-11-8-10-4-3-5-12(16)13(10)14-9-11;1-2/h6,8-9,12,16H,1-5,7H2;2H,1H3. The Morgan fingerprint density at radius 3 is 3.05 bits per heavy atom. The Hall–Kier alpha value is -1.46. The highest BCUT2D eigenvalue weighted by molar-refractivity contribution is 5.49. The Kier molecular flexibility index (Phi) is 7.07. The second-order valence-corrected chi connectivity index (χ2v) is 4.28. The summed E-state index contributed by atoms with van der Waals surface area (Å²) in [6, 6.07) is 1.95. The third-order valence-corrected chi connectivity index (χ3v) is 2.95. The average molecular weight is 267 g/mol. The minimum Gasteiger partial charge on any atom is -0.492 e. The van der Waals surface area contributed by atoms with Gasteiger partial charge in [-0.05, 0) is 37.3 Å². The number of fused-ring (bicyclic) bond motifs is 1. The van der Waals surface area contributed by atoms with E-state index in [4.69, 9.17) is 9.84 Å². The first-order valence-electron chi connectivity index (χ1n) is 6.49. The van der Waals surface area contributed by atoms with Gasteiger partial charge in [-0.3, -0.25) is 4.98 Å². The third kappa shape index (κ3) is 4.61. The largest absolute Gasteiger partial charge is 0.492 e. The number of rotatable bonds is 5. The number of aliphatic hydroxyl groups excluding tert-OH is 2. The van der Waals surface area contributed by atoms with Gasteiger partial charge in [0.2, 0.25) is 0 Å². The summed E-state index contributed by atoms with van der Waals surface area (Å²) in [4.78, 5) is 14.4. The highest BCUT2D eigenvalue weighted by Crippen LogP contribution is 2.29. The van der Waals surface area contributed by atoms with Crippen LogP contribution in [0.2, 0.25) is 0 Å². The van der Waals surface area contributed by atoms with Gasteiger partial charge in [0.1, 0.15) is 12.0 Å². The van der Waals surface area contributed by atoms with Crippen molar-refractivity contribution in [2.45, 2.75) is 38.2 Å². The molecule has 1 atom stereocenters. The minimum atomic E-state index is -0.428. The van der Waals surface area contributed by atoms with E-state index < -0.39 is 6.10 Å². The van der Waals surface area contributed by atoms with Crippen LogP contribution in [0.4, 0.5) is 0 Å². The van der Waals surface area contributed by atoms with Crippen LogP contribution >= 0.6 is 0 Å². The number of carbonyl (C=O) groups is 1. The molecule has 5 heteroatoms. The number of aliphatic hydroxyl groups is 2. The first-order valence-corrected chi connectivity index (χ1v) is 6.49. The number of ether oxygens (including phenoxy) is 1. The van der Waals surface area contributed by atoms with Crippen molar-refractivity contribution >= 4 is 6.29 Å². The number of aldehydes is 1. The zero-order chi connectivity index (χ0) is 14.1. The molecule has 2 N–H and O–H groups in total. The summed E-state index contributed by atoms with van der Waals surface area (Å²) in [5.74, 6) is 0.726. The SMILES string of the molecule is CO.O=CCCCOc1cnc2c(c1)CCCC2O. The van der Waals surface area contributed by atoms with E-state index in [2.05, 4.69) is 4.98 Å². The number of hydrogen-bond donors (Lipinski definition) is 2. The van der Waals surface area contributed by atoms with Crippen LogP contribution in [0, 0.1) is 0 Å². The Labute approximate surface area is 113 Å². The number of hydrogen-bond acceptors (Lipinski definition) is 5. The van der Waals surface area contributed by atoms with Crippen molar-refractivity contribution in [1.82, 2.24) is 4.98 Å². The molecule has 19 heavy (non-hydrogen) atoms. The number of nitrogens with zero attached hydrogens (tertiary/aromatic N) is 1. The molecule has 0 spiro atoms. The van der Waals surface area contributed by atoms with Gasteiger partial charge in [-0.2, -0.15) is 0 Å². The molecule has 0 saturated carbocycles. The van der Waals surface area contributed by atoms with Crippen molar-refractivity contribution in [2.24, 2.45) is 0 Å². The second kappa shape index (κ2) is 8.61. The van der Waals surface area contributed by atoms with Crippen LogP contribution in [0.15, 0.2) is 12.3 Å². The van der Waals surface area contributed by atoms with Gasteiger partial charge in [-0.15, -0.1) is 0 Å². The third-order valence-electron chi connectivity index (χ3n) is 2.95. The van der Waals surface area contributed by atoms with Gasteiger partial charge in [-0.25, -0.2) is 0 Å². The van der Waals surface area contributed by atoms with E-state index >= 15 is 0 Å². The number of pyridine rings is 1. The van der Waals surface area contributed by atoms with Crippen LogP contribution < -0.4 is 4.74 Å². The van der Waals surface area contributed by atoms with Crippen molar-refractivity contribution in [3.63, 3.8) is 0 Å². The maximum absolute atomic E-state index is 10.1. The van der Waals surface area contributed by atoms with Crippen molar-refractivity contribution in [1.29, 1.82) is 0 Å². The van der Waals surface area contributed by atoms with Crippen molar-refractivity contribution in [2.75, 3.05) is 13.7 Å². The minimum absolute atomic E-state index is 0.428. The van der Waals surface area contributed by atoms with E-state index in [-0.39, 0.29) is 0 Å². The summed E-state index contributed by atoms with van der Waals surface area (Å²) < 4.78 is 5.51. The second-order valence-electron chi connectivity index (χ2n) is 4.28. The maximum atomic E-state index is 10.1. The van der Waals surface area contributed by atoms with E-state index in [0.29, 0.717) is 13.0 Å². The normalized spacial score (nSPS) is 16.9. The Balaban J connectivity index is 0.000000861. The monoisotopic (exact) mass is 267 g/mol. The first-order chi connectivity index (χ1) is 9.31. The topological polar surface area (TPSA) is 79.7 Å². The number of aryl methyl sites for hydroxylation is 1. The van der Waals surface area contributed by atoms with Crippen molar-refractivity contribution < 1.29 is 19.7 Å². The molecule has 106 valence electrons. The smallest absolute Gasteiger partial charge is 0.137 e. The lowest BCUT2D eigenvalue weighted by Crippen LogP contribution is -2.11. The van der Waals surface area contributed by atoms with Gasteiger partial charge >= 0.3 is 0 Å². The summed E-state index contributed by atoms with van der Waals surface area (Å²) in [6.07, 6.45) is 6.09. The molecule has 1 aliphatic carbocycles. The molecular weight excluding hydrogens is 246 g/mol. The lowest BCUT2D eigenvalue weighted by Gasteiger charge is -2.20. The van der Waals surface area contributed by atoms with E-state index in [1.165, 1.54) is 0 Å². The molecule has 1 unspecified atom stereocenters. The van der Waals surface area contributed by atoms with Crippen LogP contribution in [0.1, 0.15) is 43.0 Å². The van der Waals surface area contributed by atoms with E-state index in [1.807, 2.05) is 6.07 Å². The molecule has 0 bridgehead atoms. The van der Waals surface area contributed by atoms with Gasteiger partial charge in [0.15, 0.2) is 0 Å². The summed E-state index contributed by atoms with van der Waals surface area (Å²) in [6.45, 7) is 0.530. The highest BCUT2D eigenvalue weighted by Gasteiger charge is 2.19. The molecular formula is C14H21NO4. The fourth-order valence-corrected chi connectivity index (χ4v) is 2.06. The van der Waals surface area contributed by atoms with E-state index in [9.17, 15) is 9.90 Å². The Bertz CT molecular complexity index is 395. The Morgan fingerprint density at radius 1 is 1.53 bits per heavy atom. The molecule has 2 rings (SSSR count). The zero-order valence-corrected chi connectivity index (χ0v) is 11.2. The fraction of sp³-hybridized carbons (Fsp3) is 0.571. The molecule has 0 radical (unpaired) electrons. The van der Waals surface area contributed by atoms with Crippen LogP contribution in [-0.4, -0.2) is 35.2 Å². The molecule has 0 saturated heterocycles. The lowest BCUT2D eigenvalue weighted by molar-refractivity contribution is -0.108. The Morgan fingerprint density at radius 2 is 2.32 bits per heavy atom. The molecule has 5 nitrogen and oxygen atoms in total. The molecule has 0 amide bonds. The van der Waals surface area contributed by atoms with Crippen LogP contribution in [-0.2, 0) is 11.2 Å². The zero-order valence-electron chi connectivity index (χ0n) is 11.2. The van der Waals surface area contributed by atoms with Gasteiger partial charge < -0.3 is 19.7 Å². The number of aromatic nitrogens is 1. The number of unbranched alkanes of at least 4 members (excludes halogenated alkanes) is 1. The maximum Gasteiger partial charge on any atom is 0.137 e. The molecule has 1 aliphatic rings. The van der Waals surface area contributed by atoms with Crippen molar-refractivity contribution in [3.8, 4) is 5.75 Å². The molecule has 0 aromatic carbocycles. The van der Waals surface area contributed by atoms with Crippen LogP contribution in [0.5, 0.6) is 5.75 Å². The predicted molar refractivity (Wildman–Crippen MR) is 71.1 cm³/mol. The van der Waals surface area contributed by atoms with Crippen molar-refractivity contribution in [3.05, 3.63) is 23.5 Å². The van der Waals surface area contributed by atoms with Crippen LogP contribution in [0.25, 0.3) is 0 Å². The van der Waals surface area contributed by atoms with Crippen LogP contribution in [0.3, 0.4) is 0 Å². The van der Waals surface area contributed by atoms with Gasteiger partial charge in [0.05, 0.1) is 24.6 Å². The fourth-order valence-electron chi connectivity index (χ4n) is 2.06.